The number of nitrogens with zero attached hydrogens (tertiary/aromatic N) is 1. The Balaban J connectivity index is 1.25. The van der Waals surface area contributed by atoms with Crippen molar-refractivity contribution in [1.82, 2.24) is 4.98 Å². The lowest BCUT2D eigenvalue weighted by Crippen LogP contribution is -2.83. The molecule has 3 aromatic carbocycles. The quantitative estimate of drug-likeness (QED) is 0.108. The number of nitrogens with one attached hydrogen (secondary N) is 1. The summed E-state index contributed by atoms with van der Waals surface area (Å²) < 4.78 is 0. The van der Waals surface area contributed by atoms with Crippen molar-refractivity contribution in [2.24, 2.45) is 40.2 Å². The molecule has 52 heavy (non-hydrogen) atoms. The maximum atomic E-state index is 14.6. The zero-order valence-electron chi connectivity index (χ0n) is 29.4. The molecule has 0 spiro atoms. The molecule has 1 heterocycles. The van der Waals surface area contributed by atoms with Gasteiger partial charge in [-0.05, 0) is 40.5 Å². The van der Waals surface area contributed by atoms with E-state index in [9.17, 15) is 39.9 Å². The molecule has 1 aromatic heterocycles. The van der Waals surface area contributed by atoms with E-state index in [4.69, 9.17) is 10.7 Å². The molecular weight excluding hydrogens is 683 g/mol. The van der Waals surface area contributed by atoms with E-state index >= 15 is 0 Å². The summed E-state index contributed by atoms with van der Waals surface area (Å²) in [6, 6.07) is 21.3. The number of aromatic hydroxyl groups is 1. The largest absolute Gasteiger partial charge is 0.505 e. The summed E-state index contributed by atoms with van der Waals surface area (Å²) >= 11 is 1.30. The van der Waals surface area contributed by atoms with Crippen LogP contribution in [-0.4, -0.2) is 71.9 Å². The Labute approximate surface area is 305 Å². The van der Waals surface area contributed by atoms with Gasteiger partial charge in [0, 0.05) is 21.8 Å². The highest BCUT2D eigenvalue weighted by molar-refractivity contribution is 7.14. The van der Waals surface area contributed by atoms with Gasteiger partial charge in [0.1, 0.15) is 17.8 Å². The Morgan fingerprint density at radius 3 is 2.17 bits per heavy atom. The fourth-order valence-corrected chi connectivity index (χ4v) is 10.6. The second kappa shape index (κ2) is 12.3. The smallest absolute Gasteiger partial charge is 0.230 e. The number of carbonyl (C=O) groups excluding carboxylic acids is 3. The molecule has 0 radical (unpaired) electrons. The molecule has 3 aliphatic carbocycles. The highest BCUT2D eigenvalue weighted by atomic mass is 32.1. The SMILES string of the molecule is CC(C)[C@H]1C(O)[C@@H](C(N)=O)C(=O)[C@]2(O)C(O)[C@H]3C(=O)c4c(ccc(Nc5nc(-c6ccc(-c7ccccc7)cc6)cs5)c4O)[C@@H](C)[C@]3(C)[C@@H](O)[C@]12C. The number of aromatic nitrogens is 1. The van der Waals surface area contributed by atoms with Crippen LogP contribution in [0.25, 0.3) is 22.4 Å². The maximum absolute atomic E-state index is 14.6. The number of primary amides is 1. The lowest BCUT2D eigenvalue weighted by Gasteiger charge is -2.69. The molecule has 0 bridgehead atoms. The number of phenolic OH excluding ortho intramolecular Hbond substituents is 1. The number of amides is 1. The van der Waals surface area contributed by atoms with Gasteiger partial charge in [-0.3, -0.25) is 14.4 Å². The van der Waals surface area contributed by atoms with E-state index in [-0.39, 0.29) is 11.3 Å². The third kappa shape index (κ3) is 4.71. The molecule has 0 aliphatic heterocycles. The van der Waals surface area contributed by atoms with Crippen molar-refractivity contribution in [2.75, 3.05) is 5.32 Å². The summed E-state index contributed by atoms with van der Waals surface area (Å²) in [6.07, 6.45) is -5.42. The molecule has 2 saturated carbocycles. The predicted molar refractivity (Wildman–Crippen MR) is 196 cm³/mol. The number of thiazole rings is 1. The zero-order chi connectivity index (χ0) is 37.7. The number of rotatable bonds is 6. The minimum absolute atomic E-state index is 0.123. The number of aliphatic hydroxyl groups is 4. The standard InChI is InChI=1S/C40H43N3O8S/c1-18(2)28-32(46)27(35(41)49)33(47)40(51)34(48)29-31(45)26-23(19(3)38(29,4)36(50)39(28,40)5)15-16-24(30(26)44)42-37-43-25(17-52-37)22-13-11-21(12-14-22)20-9-7-6-8-10-20/h6-19,27-29,32,34,36,44,46,48,50-51H,1-5H3,(H2,41,49)(H,42,43)/t19-,27-,28+,29-,32?,34?,36-,38+,39+,40+/m1/s1. The molecule has 3 aliphatic rings. The number of hydrogen-bond acceptors (Lipinski definition) is 11. The first-order valence-corrected chi connectivity index (χ1v) is 18.3. The van der Waals surface area contributed by atoms with E-state index in [2.05, 4.69) is 5.32 Å². The number of aliphatic hydroxyl groups excluding tert-OH is 3. The van der Waals surface area contributed by atoms with Gasteiger partial charge in [0.2, 0.25) is 5.91 Å². The van der Waals surface area contributed by atoms with Gasteiger partial charge in [-0.15, -0.1) is 11.3 Å². The second-order valence-electron chi connectivity index (χ2n) is 15.4. The highest BCUT2D eigenvalue weighted by Gasteiger charge is 2.80. The van der Waals surface area contributed by atoms with Crippen LogP contribution in [0, 0.1) is 34.5 Å². The number of anilines is 2. The maximum Gasteiger partial charge on any atom is 0.230 e. The van der Waals surface area contributed by atoms with Crippen molar-refractivity contribution in [3.8, 4) is 28.1 Å². The van der Waals surface area contributed by atoms with E-state index in [0.717, 1.165) is 16.7 Å². The van der Waals surface area contributed by atoms with Gasteiger partial charge < -0.3 is 36.6 Å². The Hall–Kier alpha value is -4.46. The van der Waals surface area contributed by atoms with Crippen LogP contribution in [-0.2, 0) is 9.59 Å². The Kier molecular flexibility index (Phi) is 8.51. The van der Waals surface area contributed by atoms with Crippen LogP contribution in [0.2, 0.25) is 0 Å². The number of ketones is 2. The third-order valence-electron chi connectivity index (χ3n) is 12.6. The molecule has 10 atom stereocenters. The fourth-order valence-electron chi connectivity index (χ4n) is 9.90. The van der Waals surface area contributed by atoms with Crippen molar-refractivity contribution < 1.29 is 39.9 Å². The summed E-state index contributed by atoms with van der Waals surface area (Å²) in [5.74, 6) is -9.38. The van der Waals surface area contributed by atoms with Gasteiger partial charge in [0.15, 0.2) is 22.3 Å². The van der Waals surface area contributed by atoms with Gasteiger partial charge in [0.05, 0.1) is 35.1 Å². The molecule has 7 rings (SSSR count). The molecular formula is C40H43N3O8S. The molecule has 11 nitrogen and oxygen atoms in total. The predicted octanol–water partition coefficient (Wildman–Crippen LogP) is 4.64. The second-order valence-corrected chi connectivity index (χ2v) is 16.2. The summed E-state index contributed by atoms with van der Waals surface area (Å²) in [7, 11) is 0. The Morgan fingerprint density at radius 2 is 1.56 bits per heavy atom. The van der Waals surface area contributed by atoms with E-state index in [0.29, 0.717) is 16.4 Å². The Morgan fingerprint density at radius 1 is 0.942 bits per heavy atom. The summed E-state index contributed by atoms with van der Waals surface area (Å²) in [5, 5.41) is 65.4. The number of Topliss-reactive ketones (excluding diaryl/α,β-unsaturated/α-hetero) is 2. The molecule has 1 amide bonds. The zero-order valence-corrected chi connectivity index (χ0v) is 30.3. The summed E-state index contributed by atoms with van der Waals surface area (Å²) in [6.45, 7) is 8.21. The third-order valence-corrected chi connectivity index (χ3v) is 13.4. The normalized spacial score (nSPS) is 34.0. The van der Waals surface area contributed by atoms with Gasteiger partial charge in [-0.1, -0.05) is 95.3 Å². The van der Waals surface area contributed by atoms with Crippen LogP contribution in [0.4, 0.5) is 10.8 Å². The van der Waals surface area contributed by atoms with Gasteiger partial charge in [0.25, 0.3) is 0 Å². The average molecular weight is 726 g/mol. The van der Waals surface area contributed by atoms with Crippen LogP contribution in [0.1, 0.15) is 56.5 Å². The number of phenols is 1. The molecule has 0 saturated heterocycles. The first-order chi connectivity index (χ1) is 24.5. The highest BCUT2D eigenvalue weighted by Crippen LogP contribution is 2.68. The molecule has 8 N–H and O–H groups in total. The lowest BCUT2D eigenvalue weighted by molar-refractivity contribution is -0.306. The van der Waals surface area contributed by atoms with Gasteiger partial charge in [-0.2, -0.15) is 0 Å². The van der Waals surface area contributed by atoms with Crippen molar-refractivity contribution in [1.29, 1.82) is 0 Å². The minimum Gasteiger partial charge on any atom is -0.505 e. The first kappa shape index (κ1) is 35.9. The average Bonchev–Trinajstić information content (AvgIpc) is 3.58. The number of carbonyl (C=O) groups is 3. The molecule has 2 unspecified atom stereocenters. The summed E-state index contributed by atoms with van der Waals surface area (Å²) in [4.78, 5) is 45.8. The van der Waals surface area contributed by atoms with Crippen molar-refractivity contribution >= 4 is 39.6 Å². The van der Waals surface area contributed by atoms with Crippen LogP contribution < -0.4 is 11.1 Å². The molecule has 2 fully saturated rings. The van der Waals surface area contributed by atoms with Crippen molar-refractivity contribution in [3.05, 3.63) is 83.2 Å². The summed E-state index contributed by atoms with van der Waals surface area (Å²) in [5.41, 5.74) is 3.53. The van der Waals surface area contributed by atoms with Crippen LogP contribution in [0.5, 0.6) is 5.75 Å². The number of benzene rings is 3. The van der Waals surface area contributed by atoms with Crippen molar-refractivity contribution in [3.63, 3.8) is 0 Å². The topological polar surface area (TPSA) is 203 Å². The number of hydrogen-bond donors (Lipinski definition) is 7. The minimum atomic E-state index is -2.85. The van der Waals surface area contributed by atoms with Crippen LogP contribution in [0.15, 0.2) is 72.1 Å². The van der Waals surface area contributed by atoms with Crippen LogP contribution >= 0.6 is 11.3 Å². The van der Waals surface area contributed by atoms with Gasteiger partial charge in [-0.25, -0.2) is 4.98 Å². The van der Waals surface area contributed by atoms with Crippen molar-refractivity contribution in [2.45, 2.75) is 64.4 Å². The van der Waals surface area contributed by atoms with Crippen LogP contribution in [0.3, 0.4) is 0 Å². The number of nitrogens with two attached hydrogens (primary N) is 1. The van der Waals surface area contributed by atoms with E-state index in [1.54, 1.807) is 39.8 Å². The fraction of sp³-hybridized carbons (Fsp3) is 0.400. The molecule has 4 aromatic rings. The molecule has 272 valence electrons. The molecule has 12 heteroatoms. The van der Waals surface area contributed by atoms with E-state index in [1.165, 1.54) is 18.3 Å². The Bertz CT molecular complexity index is 2090. The van der Waals surface area contributed by atoms with E-state index < -0.39 is 87.6 Å². The first-order valence-electron chi connectivity index (χ1n) is 17.4. The van der Waals surface area contributed by atoms with Gasteiger partial charge >= 0.3 is 0 Å². The monoisotopic (exact) mass is 725 g/mol. The lowest BCUT2D eigenvalue weighted by atomic mass is 9.36. The number of fused-ring (bicyclic) bond motifs is 3. The van der Waals surface area contributed by atoms with E-state index in [1.807, 2.05) is 60.0 Å².